The van der Waals surface area contributed by atoms with Crippen LogP contribution in [0, 0.1) is 0 Å². The van der Waals surface area contributed by atoms with Crippen LogP contribution in [0.15, 0.2) is 18.0 Å². The zero-order chi connectivity index (χ0) is 10.5. The Labute approximate surface area is 108 Å². The van der Waals surface area contributed by atoms with Crippen LogP contribution in [0.25, 0.3) is 0 Å². The predicted molar refractivity (Wildman–Crippen MR) is 72.7 cm³/mol. The molecule has 0 unspecified atom stereocenters. The second kappa shape index (κ2) is 7.05. The van der Waals surface area contributed by atoms with E-state index in [1.165, 1.54) is 23.5 Å². The normalized spacial score (nSPS) is 16.8. The summed E-state index contributed by atoms with van der Waals surface area (Å²) in [7, 11) is 0. The van der Waals surface area contributed by atoms with Gasteiger partial charge in [-0.15, -0.1) is 30.3 Å². The van der Waals surface area contributed by atoms with Gasteiger partial charge in [0.05, 0.1) is 10.7 Å². The van der Waals surface area contributed by atoms with Crippen LogP contribution >= 0.6 is 23.7 Å². The third-order valence-electron chi connectivity index (χ3n) is 2.86. The lowest BCUT2D eigenvalue weighted by atomic mass is 9.99. The van der Waals surface area contributed by atoms with Crippen molar-refractivity contribution in [2.24, 2.45) is 0 Å². The number of aromatic nitrogens is 1. The maximum atomic E-state index is 4.71. The first kappa shape index (κ1) is 13.7. The van der Waals surface area contributed by atoms with E-state index in [2.05, 4.69) is 17.3 Å². The minimum Gasteiger partial charge on any atom is -0.317 e. The molecule has 0 aliphatic carbocycles. The number of nitrogens with one attached hydrogen (secondary N) is 1. The summed E-state index contributed by atoms with van der Waals surface area (Å²) < 4.78 is 0. The van der Waals surface area contributed by atoms with E-state index in [9.17, 15) is 0 Å². The fraction of sp³-hybridized carbons (Fsp3) is 0.583. The summed E-state index contributed by atoms with van der Waals surface area (Å²) in [6.45, 7) is 6.03. The monoisotopic (exact) mass is 258 g/mol. The van der Waals surface area contributed by atoms with Crippen LogP contribution in [0.4, 0.5) is 0 Å². The Morgan fingerprint density at radius 2 is 2.25 bits per heavy atom. The minimum atomic E-state index is 0. The van der Waals surface area contributed by atoms with Crippen LogP contribution in [-0.2, 0) is 6.42 Å². The molecule has 1 aliphatic rings. The highest BCUT2D eigenvalue weighted by Crippen LogP contribution is 2.28. The highest BCUT2D eigenvalue weighted by atomic mass is 35.5. The van der Waals surface area contributed by atoms with Crippen molar-refractivity contribution in [1.82, 2.24) is 10.3 Å². The number of allylic oxidation sites excluding steroid dienone is 1. The summed E-state index contributed by atoms with van der Waals surface area (Å²) in [6, 6.07) is 0. The molecular weight excluding hydrogens is 240 g/mol. The zero-order valence-electron chi connectivity index (χ0n) is 9.45. The van der Waals surface area contributed by atoms with Crippen molar-refractivity contribution in [3.63, 3.8) is 0 Å². The Kier molecular flexibility index (Phi) is 6.03. The molecule has 1 aromatic rings. The molecule has 0 saturated carbocycles. The summed E-state index contributed by atoms with van der Waals surface area (Å²) >= 11 is 1.83. The molecule has 0 radical (unpaired) electrons. The van der Waals surface area contributed by atoms with Crippen LogP contribution in [-0.4, -0.2) is 18.1 Å². The number of rotatable bonds is 4. The SMILES string of the molecule is C=CCCc1csc(C2CCNCC2)n1.Cl. The molecule has 16 heavy (non-hydrogen) atoms. The van der Waals surface area contributed by atoms with Crippen molar-refractivity contribution in [2.75, 3.05) is 13.1 Å². The Morgan fingerprint density at radius 1 is 1.50 bits per heavy atom. The number of nitrogens with zero attached hydrogens (tertiary/aromatic N) is 1. The van der Waals surface area contributed by atoms with E-state index in [0.29, 0.717) is 5.92 Å². The Hall–Kier alpha value is -0.380. The Balaban J connectivity index is 0.00000128. The molecule has 4 heteroatoms. The van der Waals surface area contributed by atoms with Crippen LogP contribution in [0.5, 0.6) is 0 Å². The molecule has 2 nitrogen and oxygen atoms in total. The highest BCUT2D eigenvalue weighted by molar-refractivity contribution is 7.09. The van der Waals surface area contributed by atoms with Crippen molar-refractivity contribution in [3.05, 3.63) is 28.7 Å². The van der Waals surface area contributed by atoms with Gasteiger partial charge in [-0.2, -0.15) is 0 Å². The van der Waals surface area contributed by atoms with E-state index >= 15 is 0 Å². The van der Waals surface area contributed by atoms with Gasteiger partial charge < -0.3 is 5.32 Å². The Morgan fingerprint density at radius 3 is 2.94 bits per heavy atom. The molecule has 0 bridgehead atoms. The van der Waals surface area contributed by atoms with Crippen LogP contribution in [0.3, 0.4) is 0 Å². The highest BCUT2D eigenvalue weighted by Gasteiger charge is 2.17. The molecule has 1 N–H and O–H groups in total. The Bertz CT molecular complexity index is 319. The lowest BCUT2D eigenvalue weighted by molar-refractivity contribution is 0.458. The van der Waals surface area contributed by atoms with Gasteiger partial charge in [-0.3, -0.25) is 0 Å². The molecule has 2 heterocycles. The molecule has 90 valence electrons. The third kappa shape index (κ3) is 3.58. The number of hydrogen-bond acceptors (Lipinski definition) is 3. The number of thiazole rings is 1. The molecule has 1 aliphatic heterocycles. The predicted octanol–water partition coefficient (Wildman–Crippen LogP) is 3.15. The van der Waals surface area contributed by atoms with Crippen molar-refractivity contribution < 1.29 is 0 Å². The fourth-order valence-electron chi connectivity index (χ4n) is 1.94. The molecule has 0 spiro atoms. The summed E-state index contributed by atoms with van der Waals surface area (Å²) in [4.78, 5) is 4.71. The largest absolute Gasteiger partial charge is 0.317 e. The standard InChI is InChI=1S/C12H18N2S.ClH/c1-2-3-4-11-9-15-12(14-11)10-5-7-13-8-6-10;/h2,9-10,13H,1,3-8H2;1H. The van der Waals surface area contributed by atoms with Gasteiger partial charge in [0.15, 0.2) is 0 Å². The maximum absolute atomic E-state index is 4.71. The molecule has 1 aromatic heterocycles. The average Bonchev–Trinajstić information content (AvgIpc) is 2.76. The lowest BCUT2D eigenvalue weighted by Crippen LogP contribution is -2.26. The second-order valence-corrected chi connectivity index (χ2v) is 4.92. The van der Waals surface area contributed by atoms with E-state index in [1.54, 1.807) is 0 Å². The quantitative estimate of drug-likeness (QED) is 0.840. The van der Waals surface area contributed by atoms with E-state index < -0.39 is 0 Å². The summed E-state index contributed by atoms with van der Waals surface area (Å²) in [5, 5.41) is 6.94. The maximum Gasteiger partial charge on any atom is 0.0960 e. The van der Waals surface area contributed by atoms with E-state index in [4.69, 9.17) is 4.98 Å². The third-order valence-corrected chi connectivity index (χ3v) is 3.92. The molecular formula is C12H19ClN2S. The summed E-state index contributed by atoms with van der Waals surface area (Å²) in [6.07, 6.45) is 6.53. The second-order valence-electron chi connectivity index (χ2n) is 4.03. The van der Waals surface area contributed by atoms with Gasteiger partial charge in [-0.05, 0) is 38.8 Å². The topological polar surface area (TPSA) is 24.9 Å². The van der Waals surface area contributed by atoms with Crippen molar-refractivity contribution in [3.8, 4) is 0 Å². The van der Waals surface area contributed by atoms with Gasteiger partial charge in [0.1, 0.15) is 0 Å². The number of halogens is 1. The summed E-state index contributed by atoms with van der Waals surface area (Å²) in [5.74, 6) is 0.703. The van der Waals surface area contributed by atoms with Gasteiger partial charge >= 0.3 is 0 Å². The molecule has 1 saturated heterocycles. The molecule has 2 rings (SSSR count). The first-order valence-electron chi connectivity index (χ1n) is 5.66. The van der Waals surface area contributed by atoms with E-state index in [-0.39, 0.29) is 12.4 Å². The lowest BCUT2D eigenvalue weighted by Gasteiger charge is -2.20. The molecule has 0 amide bonds. The van der Waals surface area contributed by atoms with E-state index in [0.717, 1.165) is 25.9 Å². The van der Waals surface area contributed by atoms with Gasteiger partial charge in [0, 0.05) is 11.3 Å². The van der Waals surface area contributed by atoms with Gasteiger partial charge in [-0.25, -0.2) is 4.98 Å². The first-order chi connectivity index (χ1) is 7.40. The zero-order valence-corrected chi connectivity index (χ0v) is 11.1. The van der Waals surface area contributed by atoms with Crippen LogP contribution in [0.1, 0.15) is 35.9 Å². The first-order valence-corrected chi connectivity index (χ1v) is 6.54. The molecule has 0 aromatic carbocycles. The van der Waals surface area contributed by atoms with Gasteiger partial charge in [0.25, 0.3) is 0 Å². The molecule has 1 fully saturated rings. The number of aryl methyl sites for hydroxylation is 1. The van der Waals surface area contributed by atoms with Gasteiger partial charge in [0.2, 0.25) is 0 Å². The van der Waals surface area contributed by atoms with E-state index in [1.807, 2.05) is 17.4 Å². The fourth-order valence-corrected chi connectivity index (χ4v) is 2.97. The molecule has 0 atom stereocenters. The van der Waals surface area contributed by atoms with Gasteiger partial charge in [-0.1, -0.05) is 6.08 Å². The van der Waals surface area contributed by atoms with Crippen LogP contribution < -0.4 is 5.32 Å². The average molecular weight is 259 g/mol. The van der Waals surface area contributed by atoms with Crippen molar-refractivity contribution >= 4 is 23.7 Å². The number of hydrogen-bond donors (Lipinski definition) is 1. The van der Waals surface area contributed by atoms with Crippen molar-refractivity contribution in [2.45, 2.75) is 31.6 Å². The number of piperidine rings is 1. The minimum absolute atomic E-state index is 0. The van der Waals surface area contributed by atoms with Crippen LogP contribution in [0.2, 0.25) is 0 Å². The smallest absolute Gasteiger partial charge is 0.0960 e. The van der Waals surface area contributed by atoms with Crippen molar-refractivity contribution in [1.29, 1.82) is 0 Å². The summed E-state index contributed by atoms with van der Waals surface area (Å²) in [5.41, 5.74) is 1.24.